The van der Waals surface area contributed by atoms with E-state index in [2.05, 4.69) is 39.9 Å². The molecule has 8 heteroatoms. The van der Waals surface area contributed by atoms with Gasteiger partial charge in [0, 0.05) is 26.2 Å². The maximum absolute atomic E-state index is 11.4. The highest BCUT2D eigenvalue weighted by atomic mass is 16.2. The summed E-state index contributed by atoms with van der Waals surface area (Å²) in [4.78, 5) is 32.4. The van der Waals surface area contributed by atoms with Gasteiger partial charge in [0.1, 0.15) is 0 Å². The number of nitrogens with two attached hydrogens (primary N) is 2. The second kappa shape index (κ2) is 7.97. The molecule has 0 amide bonds. The molecule has 0 unspecified atom stereocenters. The van der Waals surface area contributed by atoms with Gasteiger partial charge in [-0.15, -0.1) is 0 Å². The minimum atomic E-state index is -0.592. The number of likely N-dealkylation sites (N-methyl/N-ethyl adjacent to an activating group) is 2. The number of hydrogen-bond donors (Lipinski definition) is 4. The van der Waals surface area contributed by atoms with E-state index in [1.54, 1.807) is 0 Å². The number of aromatic amines is 2. The van der Waals surface area contributed by atoms with Gasteiger partial charge in [-0.1, -0.05) is 12.1 Å². The van der Waals surface area contributed by atoms with Gasteiger partial charge in [-0.2, -0.15) is 0 Å². The summed E-state index contributed by atoms with van der Waals surface area (Å²) in [6, 6.07) is 7.84. The molecule has 0 saturated heterocycles. The average Bonchev–Trinajstić information content (AvgIpc) is 2.72. The molecule has 3 heterocycles. The molecule has 0 aliphatic carbocycles. The molecular formula is C22H28N6O2. The quantitative estimate of drug-likeness (QED) is 0.325. The summed E-state index contributed by atoms with van der Waals surface area (Å²) in [6.07, 6.45) is 1.91. The minimum absolute atomic E-state index is 0.579. The summed E-state index contributed by atoms with van der Waals surface area (Å²) in [5, 5.41) is 0. The van der Waals surface area contributed by atoms with Crippen LogP contribution in [0.4, 0.5) is 11.4 Å². The normalized spacial score (nSPS) is 16.5. The van der Waals surface area contributed by atoms with Gasteiger partial charge in [-0.25, -0.2) is 0 Å². The van der Waals surface area contributed by atoms with Gasteiger partial charge in [0.15, 0.2) is 0 Å². The molecule has 30 heavy (non-hydrogen) atoms. The van der Waals surface area contributed by atoms with E-state index in [4.69, 9.17) is 11.5 Å². The van der Waals surface area contributed by atoms with Crippen molar-refractivity contribution in [3.63, 3.8) is 0 Å². The molecule has 2 aliphatic rings. The summed E-state index contributed by atoms with van der Waals surface area (Å²) in [5.74, 6) is 0. The van der Waals surface area contributed by atoms with Crippen LogP contribution in [0.25, 0.3) is 11.0 Å². The fraction of sp³-hybridized carbons (Fsp3) is 0.364. The van der Waals surface area contributed by atoms with Crippen LogP contribution < -0.4 is 22.6 Å². The third-order valence-corrected chi connectivity index (χ3v) is 5.96. The molecular weight excluding hydrogens is 380 g/mol. The summed E-state index contributed by atoms with van der Waals surface area (Å²) in [6.45, 7) is 3.90. The van der Waals surface area contributed by atoms with Gasteiger partial charge in [0.05, 0.1) is 22.4 Å². The van der Waals surface area contributed by atoms with Crippen LogP contribution in [-0.4, -0.2) is 47.0 Å². The Bertz CT molecular complexity index is 1210. The van der Waals surface area contributed by atoms with E-state index < -0.39 is 11.1 Å². The number of anilines is 2. The molecule has 8 nitrogen and oxygen atoms in total. The van der Waals surface area contributed by atoms with E-state index >= 15 is 0 Å². The van der Waals surface area contributed by atoms with E-state index in [0.29, 0.717) is 11.2 Å². The van der Waals surface area contributed by atoms with Crippen molar-refractivity contribution < 1.29 is 0 Å². The van der Waals surface area contributed by atoms with Crippen molar-refractivity contribution in [2.75, 3.05) is 38.7 Å². The molecule has 0 saturated carbocycles. The second-order valence-electron chi connectivity index (χ2n) is 8.22. The van der Waals surface area contributed by atoms with E-state index in [0.717, 1.165) is 55.8 Å². The standard InChI is InChI=1S/C12H13N3O2.C10H15N3/c1-15-5-4-8-7(6-15)2-3-9-10(8)14-12(17)11(16)13-9;1-13-5-4-8-7(6-13)2-3-9(11)10(8)12/h2-3H,4-6H2,1H3,(H,13,16)(H,14,17);2-3H,4-6,11-12H2,1H3. The highest BCUT2D eigenvalue weighted by molar-refractivity contribution is 5.79. The van der Waals surface area contributed by atoms with Gasteiger partial charge in [-0.05, 0) is 61.3 Å². The predicted octanol–water partition coefficient (Wildman–Crippen LogP) is 1.04. The summed E-state index contributed by atoms with van der Waals surface area (Å²) < 4.78 is 0. The van der Waals surface area contributed by atoms with Crippen molar-refractivity contribution in [2.45, 2.75) is 25.9 Å². The van der Waals surface area contributed by atoms with E-state index in [-0.39, 0.29) is 0 Å². The summed E-state index contributed by atoms with van der Waals surface area (Å²) >= 11 is 0. The minimum Gasteiger partial charge on any atom is -0.397 e. The van der Waals surface area contributed by atoms with Crippen molar-refractivity contribution in [1.82, 2.24) is 19.8 Å². The Morgan fingerprint density at radius 2 is 1.37 bits per heavy atom. The zero-order valence-corrected chi connectivity index (χ0v) is 17.4. The number of benzene rings is 2. The Morgan fingerprint density at radius 3 is 2.07 bits per heavy atom. The fourth-order valence-electron chi connectivity index (χ4n) is 4.24. The summed E-state index contributed by atoms with van der Waals surface area (Å²) in [5.41, 5.74) is 18.4. The molecule has 0 spiro atoms. The maximum Gasteiger partial charge on any atom is 0.314 e. The molecule has 0 atom stereocenters. The van der Waals surface area contributed by atoms with Gasteiger partial charge < -0.3 is 31.2 Å². The van der Waals surface area contributed by atoms with Crippen LogP contribution in [0.2, 0.25) is 0 Å². The molecule has 0 radical (unpaired) electrons. The monoisotopic (exact) mass is 408 g/mol. The molecule has 158 valence electrons. The Morgan fingerprint density at radius 1 is 0.800 bits per heavy atom. The number of nitrogens with zero attached hydrogens (tertiary/aromatic N) is 2. The Balaban J connectivity index is 0.000000151. The van der Waals surface area contributed by atoms with E-state index in [1.807, 2.05) is 18.2 Å². The fourth-order valence-corrected chi connectivity index (χ4v) is 4.24. The molecule has 0 fully saturated rings. The van der Waals surface area contributed by atoms with Crippen LogP contribution in [-0.2, 0) is 25.9 Å². The van der Waals surface area contributed by atoms with Gasteiger partial charge in [0.25, 0.3) is 0 Å². The second-order valence-corrected chi connectivity index (χ2v) is 8.22. The highest BCUT2D eigenvalue weighted by Crippen LogP contribution is 2.28. The van der Waals surface area contributed by atoms with Crippen LogP contribution in [0.5, 0.6) is 0 Å². The number of H-pyrrole nitrogens is 2. The Labute approximate surface area is 174 Å². The third kappa shape index (κ3) is 3.83. The van der Waals surface area contributed by atoms with Crippen molar-refractivity contribution in [3.05, 3.63) is 67.2 Å². The lowest BCUT2D eigenvalue weighted by Crippen LogP contribution is -2.31. The maximum atomic E-state index is 11.4. The van der Waals surface area contributed by atoms with Crippen molar-refractivity contribution in [2.24, 2.45) is 0 Å². The van der Waals surface area contributed by atoms with Crippen molar-refractivity contribution >= 4 is 22.4 Å². The van der Waals surface area contributed by atoms with Crippen LogP contribution in [0.15, 0.2) is 33.9 Å². The number of aromatic nitrogens is 2. The molecule has 1 aromatic heterocycles. The molecule has 2 aromatic carbocycles. The van der Waals surface area contributed by atoms with Gasteiger partial charge >= 0.3 is 11.1 Å². The van der Waals surface area contributed by atoms with Crippen LogP contribution in [0.3, 0.4) is 0 Å². The lowest BCUT2D eigenvalue weighted by Gasteiger charge is -2.26. The predicted molar refractivity (Wildman–Crippen MR) is 121 cm³/mol. The van der Waals surface area contributed by atoms with Gasteiger partial charge in [0.2, 0.25) is 0 Å². The molecule has 3 aromatic rings. The first-order valence-corrected chi connectivity index (χ1v) is 10.1. The van der Waals surface area contributed by atoms with Crippen LogP contribution in [0, 0.1) is 0 Å². The first-order chi connectivity index (χ1) is 14.3. The smallest absolute Gasteiger partial charge is 0.314 e. The first kappa shape index (κ1) is 20.2. The number of nitrogen functional groups attached to an aromatic ring is 2. The number of hydrogen-bond acceptors (Lipinski definition) is 6. The Kier molecular flexibility index (Phi) is 5.36. The van der Waals surface area contributed by atoms with E-state index in [9.17, 15) is 9.59 Å². The average molecular weight is 409 g/mol. The number of nitrogens with one attached hydrogen (secondary N) is 2. The van der Waals surface area contributed by atoms with Crippen LogP contribution in [0.1, 0.15) is 22.3 Å². The SMILES string of the molecule is CN1CCc2c(ccc(N)c2N)C1.CN1CCc2c(ccc3[nH]c(=O)c(=O)[nH]c23)C1. The molecule has 5 rings (SSSR count). The van der Waals surface area contributed by atoms with E-state index in [1.165, 1.54) is 16.7 Å². The third-order valence-electron chi connectivity index (χ3n) is 5.96. The Hall–Kier alpha value is -3.10. The zero-order chi connectivity index (χ0) is 21.4. The number of rotatable bonds is 0. The highest BCUT2D eigenvalue weighted by Gasteiger charge is 2.17. The number of fused-ring (bicyclic) bond motifs is 4. The van der Waals surface area contributed by atoms with Gasteiger partial charge in [-0.3, -0.25) is 9.59 Å². The molecule has 6 N–H and O–H groups in total. The lowest BCUT2D eigenvalue weighted by atomic mass is 9.97. The van der Waals surface area contributed by atoms with Crippen LogP contribution >= 0.6 is 0 Å². The zero-order valence-electron chi connectivity index (χ0n) is 17.4. The summed E-state index contributed by atoms with van der Waals surface area (Å²) in [7, 11) is 4.19. The topological polar surface area (TPSA) is 124 Å². The lowest BCUT2D eigenvalue weighted by molar-refractivity contribution is 0.313. The molecule has 2 aliphatic heterocycles. The largest absolute Gasteiger partial charge is 0.397 e. The molecule has 0 bridgehead atoms. The van der Waals surface area contributed by atoms with Crippen molar-refractivity contribution in [1.29, 1.82) is 0 Å². The first-order valence-electron chi connectivity index (χ1n) is 10.1. The van der Waals surface area contributed by atoms with Crippen molar-refractivity contribution in [3.8, 4) is 0 Å².